The average Bonchev–Trinajstić information content (AvgIpc) is 2.29. The van der Waals surface area contributed by atoms with Crippen molar-refractivity contribution in [2.45, 2.75) is 0 Å². The van der Waals surface area contributed by atoms with Gasteiger partial charge in [-0.3, -0.25) is 0 Å². The van der Waals surface area contributed by atoms with E-state index in [1.165, 1.54) is 0 Å². The van der Waals surface area contributed by atoms with Gasteiger partial charge < -0.3 is 9.57 Å². The smallest absolute Gasteiger partial charge is 0.149 e. The SMILES string of the molecule is c1ccc(ONN2CCOCC2)cc1. The van der Waals surface area contributed by atoms with Gasteiger partial charge in [-0.15, -0.1) is 0 Å². The summed E-state index contributed by atoms with van der Waals surface area (Å²) in [5.74, 6) is 0.819. The summed E-state index contributed by atoms with van der Waals surface area (Å²) >= 11 is 0. The molecule has 0 bridgehead atoms. The molecular weight excluding hydrogens is 180 g/mol. The number of benzene rings is 1. The van der Waals surface area contributed by atoms with Crippen molar-refractivity contribution in [3.8, 4) is 5.75 Å². The number of hydrogen-bond acceptors (Lipinski definition) is 4. The predicted octanol–water partition coefficient (Wildman–Crippen LogP) is 0.817. The third-order valence-corrected chi connectivity index (χ3v) is 2.05. The van der Waals surface area contributed by atoms with Crippen molar-refractivity contribution in [3.63, 3.8) is 0 Å². The van der Waals surface area contributed by atoms with E-state index >= 15 is 0 Å². The molecule has 14 heavy (non-hydrogen) atoms. The lowest BCUT2D eigenvalue weighted by molar-refractivity contribution is -0.0614. The molecule has 1 aromatic carbocycles. The highest BCUT2D eigenvalue weighted by molar-refractivity contribution is 5.20. The van der Waals surface area contributed by atoms with Gasteiger partial charge in [0.05, 0.1) is 13.2 Å². The second kappa shape index (κ2) is 4.95. The van der Waals surface area contributed by atoms with Crippen LogP contribution in [0, 0.1) is 0 Å². The van der Waals surface area contributed by atoms with Crippen LogP contribution in [-0.2, 0) is 4.74 Å². The molecule has 1 aliphatic rings. The normalized spacial score (nSPS) is 18.0. The van der Waals surface area contributed by atoms with E-state index in [2.05, 4.69) is 5.59 Å². The molecule has 1 heterocycles. The first-order valence-electron chi connectivity index (χ1n) is 4.75. The lowest BCUT2D eigenvalue weighted by Gasteiger charge is -2.26. The third-order valence-electron chi connectivity index (χ3n) is 2.05. The minimum atomic E-state index is 0.755. The maximum Gasteiger partial charge on any atom is 0.149 e. The number of nitrogens with one attached hydrogen (secondary N) is 1. The Bertz CT molecular complexity index is 260. The zero-order valence-corrected chi connectivity index (χ0v) is 7.98. The fourth-order valence-corrected chi connectivity index (χ4v) is 1.26. The van der Waals surface area contributed by atoms with E-state index in [-0.39, 0.29) is 0 Å². The standard InChI is InChI=1S/C10H14N2O2/c1-2-4-10(5-3-1)14-11-12-6-8-13-9-7-12/h1-5,11H,6-9H2. The van der Waals surface area contributed by atoms with E-state index in [4.69, 9.17) is 9.57 Å². The van der Waals surface area contributed by atoms with Gasteiger partial charge in [0.15, 0.2) is 0 Å². The molecule has 0 aromatic heterocycles. The second-order valence-electron chi connectivity index (χ2n) is 3.11. The topological polar surface area (TPSA) is 33.7 Å². The van der Waals surface area contributed by atoms with E-state index in [1.54, 1.807) is 0 Å². The molecule has 0 amide bonds. The number of hydrogen-bond donors (Lipinski definition) is 1. The van der Waals surface area contributed by atoms with Crippen molar-refractivity contribution in [3.05, 3.63) is 30.3 Å². The number of nitrogens with zero attached hydrogens (tertiary/aromatic N) is 1. The molecule has 0 saturated carbocycles. The van der Waals surface area contributed by atoms with Crippen LogP contribution < -0.4 is 10.4 Å². The van der Waals surface area contributed by atoms with Crippen LogP contribution in [0.1, 0.15) is 0 Å². The molecule has 0 aliphatic carbocycles. The Hall–Kier alpha value is -1.10. The van der Waals surface area contributed by atoms with Crippen LogP contribution >= 0.6 is 0 Å². The summed E-state index contributed by atoms with van der Waals surface area (Å²) in [5.41, 5.74) is 2.89. The van der Waals surface area contributed by atoms with Gasteiger partial charge in [0.2, 0.25) is 0 Å². The third kappa shape index (κ3) is 2.70. The van der Waals surface area contributed by atoms with Crippen molar-refractivity contribution >= 4 is 0 Å². The molecule has 0 unspecified atom stereocenters. The molecule has 2 rings (SSSR count). The molecule has 1 aromatic rings. The maximum atomic E-state index is 5.37. The van der Waals surface area contributed by atoms with Crippen LogP contribution in [0.25, 0.3) is 0 Å². The molecule has 1 saturated heterocycles. The fourth-order valence-electron chi connectivity index (χ4n) is 1.26. The maximum absolute atomic E-state index is 5.37. The highest BCUT2D eigenvalue weighted by Crippen LogP contribution is 2.06. The minimum Gasteiger partial charge on any atom is -0.394 e. The van der Waals surface area contributed by atoms with Crippen LogP contribution in [0.5, 0.6) is 5.75 Å². The van der Waals surface area contributed by atoms with Gasteiger partial charge >= 0.3 is 0 Å². The molecule has 1 aliphatic heterocycles. The zero-order chi connectivity index (χ0) is 9.64. The molecule has 0 radical (unpaired) electrons. The zero-order valence-electron chi connectivity index (χ0n) is 7.98. The molecule has 0 atom stereocenters. The molecule has 4 heteroatoms. The number of ether oxygens (including phenoxy) is 1. The van der Waals surface area contributed by atoms with E-state index in [9.17, 15) is 0 Å². The monoisotopic (exact) mass is 194 g/mol. The van der Waals surface area contributed by atoms with E-state index in [0.29, 0.717) is 0 Å². The number of morpholine rings is 1. The fraction of sp³-hybridized carbons (Fsp3) is 0.400. The quantitative estimate of drug-likeness (QED) is 0.722. The first-order valence-corrected chi connectivity index (χ1v) is 4.75. The van der Waals surface area contributed by atoms with Crippen LogP contribution in [0.15, 0.2) is 30.3 Å². The summed E-state index contributed by atoms with van der Waals surface area (Å²) in [7, 11) is 0. The summed E-state index contributed by atoms with van der Waals surface area (Å²) in [4.78, 5) is 5.37. The van der Waals surface area contributed by atoms with Gasteiger partial charge in [-0.05, 0) is 12.1 Å². The second-order valence-corrected chi connectivity index (χ2v) is 3.11. The Morgan fingerprint density at radius 3 is 2.57 bits per heavy atom. The van der Waals surface area contributed by atoms with E-state index in [1.807, 2.05) is 35.3 Å². The summed E-state index contributed by atoms with van der Waals surface area (Å²) in [6, 6.07) is 9.66. The van der Waals surface area contributed by atoms with E-state index < -0.39 is 0 Å². The molecular formula is C10H14N2O2. The number of rotatable bonds is 3. The number of hydrazine groups is 1. The summed E-state index contributed by atoms with van der Waals surface area (Å²) in [5, 5.41) is 2.00. The van der Waals surface area contributed by atoms with Gasteiger partial charge in [0.25, 0.3) is 0 Å². The van der Waals surface area contributed by atoms with Gasteiger partial charge in [-0.2, -0.15) is 0 Å². The molecule has 1 N–H and O–H groups in total. The highest BCUT2D eigenvalue weighted by atomic mass is 16.7. The Kier molecular flexibility index (Phi) is 3.34. The first kappa shape index (κ1) is 9.45. The summed E-state index contributed by atoms with van der Waals surface area (Å²) < 4.78 is 5.21. The van der Waals surface area contributed by atoms with E-state index in [0.717, 1.165) is 32.1 Å². The van der Waals surface area contributed by atoms with Crippen molar-refractivity contribution in [1.82, 2.24) is 10.6 Å². The van der Waals surface area contributed by atoms with Crippen LogP contribution in [0.3, 0.4) is 0 Å². The highest BCUT2D eigenvalue weighted by Gasteiger charge is 2.09. The van der Waals surface area contributed by atoms with Gasteiger partial charge in [0.1, 0.15) is 5.75 Å². The average molecular weight is 194 g/mol. The first-order chi connectivity index (χ1) is 6.95. The Balaban J connectivity index is 1.76. The largest absolute Gasteiger partial charge is 0.394 e. The van der Waals surface area contributed by atoms with Crippen molar-refractivity contribution in [2.24, 2.45) is 0 Å². The number of para-hydroxylation sites is 1. The lowest BCUT2D eigenvalue weighted by atomic mass is 10.3. The predicted molar refractivity (Wildman–Crippen MR) is 52.6 cm³/mol. The van der Waals surface area contributed by atoms with Crippen LogP contribution in [-0.4, -0.2) is 31.3 Å². The summed E-state index contributed by atoms with van der Waals surface area (Å²) in [6.07, 6.45) is 0. The Morgan fingerprint density at radius 1 is 1.14 bits per heavy atom. The van der Waals surface area contributed by atoms with Crippen molar-refractivity contribution < 1.29 is 9.57 Å². The van der Waals surface area contributed by atoms with Crippen LogP contribution in [0.4, 0.5) is 0 Å². The van der Waals surface area contributed by atoms with Crippen molar-refractivity contribution in [1.29, 1.82) is 0 Å². The van der Waals surface area contributed by atoms with Crippen LogP contribution in [0.2, 0.25) is 0 Å². The molecule has 1 fully saturated rings. The summed E-state index contributed by atoms with van der Waals surface area (Å²) in [6.45, 7) is 3.22. The Morgan fingerprint density at radius 2 is 1.86 bits per heavy atom. The van der Waals surface area contributed by atoms with Gasteiger partial charge in [-0.1, -0.05) is 23.8 Å². The van der Waals surface area contributed by atoms with Crippen molar-refractivity contribution in [2.75, 3.05) is 26.3 Å². The molecule has 76 valence electrons. The minimum absolute atomic E-state index is 0.755. The Labute approximate surface area is 83.3 Å². The molecule has 0 spiro atoms. The van der Waals surface area contributed by atoms with Gasteiger partial charge in [-0.25, -0.2) is 5.01 Å². The molecule has 4 nitrogen and oxygen atoms in total. The van der Waals surface area contributed by atoms with Gasteiger partial charge in [0, 0.05) is 13.1 Å². The lowest BCUT2D eigenvalue weighted by Crippen LogP contribution is -2.47.